The Balaban J connectivity index is 2.60. The van der Waals surface area contributed by atoms with Gasteiger partial charge in [0.25, 0.3) is 0 Å². The van der Waals surface area contributed by atoms with Gasteiger partial charge in [0.15, 0.2) is 11.5 Å². The number of carbonyl (C=O) groups is 1. The Kier molecular flexibility index (Phi) is 2.10. The molecular weight excluding hydrogens is 194 g/mol. The Bertz CT molecular complexity index is 503. The highest BCUT2D eigenvalue weighted by Crippen LogP contribution is 2.25. The molecule has 0 radical (unpaired) electrons. The van der Waals surface area contributed by atoms with Crippen LogP contribution in [0.1, 0.15) is 12.2 Å². The van der Waals surface area contributed by atoms with E-state index in [1.54, 1.807) is 12.1 Å². The monoisotopic (exact) mass is 201 g/mol. The first-order valence-electron chi connectivity index (χ1n) is 4.27. The zero-order valence-corrected chi connectivity index (χ0v) is 7.73. The standard InChI is InChI=1S/C10H7N3O2/c11-5-6-7(14)4-9(12)13-10(6)8-2-1-3-15-8/h1-3H,4H2,(H2,12,13). The summed E-state index contributed by atoms with van der Waals surface area (Å²) in [4.78, 5) is 15.4. The van der Waals surface area contributed by atoms with E-state index >= 15 is 0 Å². The van der Waals surface area contributed by atoms with Crippen molar-refractivity contribution in [3.8, 4) is 6.07 Å². The summed E-state index contributed by atoms with van der Waals surface area (Å²) >= 11 is 0. The first kappa shape index (κ1) is 9.21. The van der Waals surface area contributed by atoms with Crippen LogP contribution in [0.3, 0.4) is 0 Å². The van der Waals surface area contributed by atoms with E-state index in [1.807, 2.05) is 6.07 Å². The summed E-state index contributed by atoms with van der Waals surface area (Å²) in [6, 6.07) is 5.10. The van der Waals surface area contributed by atoms with E-state index in [0.717, 1.165) is 0 Å². The molecule has 2 heterocycles. The topological polar surface area (TPSA) is 92.4 Å². The van der Waals surface area contributed by atoms with Gasteiger partial charge in [-0.05, 0) is 12.1 Å². The zero-order valence-electron chi connectivity index (χ0n) is 7.73. The molecule has 5 heteroatoms. The van der Waals surface area contributed by atoms with Gasteiger partial charge in [-0.1, -0.05) is 0 Å². The van der Waals surface area contributed by atoms with Crippen LogP contribution in [0.5, 0.6) is 0 Å². The second-order valence-corrected chi connectivity index (χ2v) is 3.02. The molecule has 0 bridgehead atoms. The van der Waals surface area contributed by atoms with E-state index in [4.69, 9.17) is 15.4 Å². The third kappa shape index (κ3) is 1.53. The van der Waals surface area contributed by atoms with Gasteiger partial charge in [0.2, 0.25) is 0 Å². The predicted molar refractivity (Wildman–Crippen MR) is 52.5 cm³/mol. The molecule has 15 heavy (non-hydrogen) atoms. The van der Waals surface area contributed by atoms with E-state index < -0.39 is 0 Å². The fourth-order valence-corrected chi connectivity index (χ4v) is 1.33. The van der Waals surface area contributed by atoms with Crippen LogP contribution in [0.25, 0.3) is 5.70 Å². The number of Topliss-reactive ketones (excluding diaryl/α,β-unsaturated/α-hetero) is 1. The normalized spacial score (nSPS) is 16.2. The fraction of sp³-hybridized carbons (Fsp3) is 0.100. The average molecular weight is 201 g/mol. The van der Waals surface area contributed by atoms with E-state index in [1.165, 1.54) is 6.26 Å². The third-order valence-electron chi connectivity index (χ3n) is 1.98. The average Bonchev–Trinajstić information content (AvgIpc) is 2.69. The van der Waals surface area contributed by atoms with Gasteiger partial charge < -0.3 is 10.2 Å². The molecule has 1 aromatic heterocycles. The van der Waals surface area contributed by atoms with Crippen molar-refractivity contribution in [1.29, 1.82) is 5.26 Å². The van der Waals surface area contributed by atoms with Crippen molar-refractivity contribution in [3.63, 3.8) is 0 Å². The summed E-state index contributed by atoms with van der Waals surface area (Å²) in [6.45, 7) is 0. The van der Waals surface area contributed by atoms with Gasteiger partial charge in [0.05, 0.1) is 12.7 Å². The summed E-state index contributed by atoms with van der Waals surface area (Å²) in [5.74, 6) is 0.254. The first-order chi connectivity index (χ1) is 7.22. The molecule has 1 aliphatic heterocycles. The summed E-state index contributed by atoms with van der Waals surface area (Å²) in [5, 5.41) is 8.84. The summed E-state index contributed by atoms with van der Waals surface area (Å²) in [5.41, 5.74) is 5.70. The van der Waals surface area contributed by atoms with E-state index in [-0.39, 0.29) is 29.3 Å². The molecule has 0 spiro atoms. The number of carbonyl (C=O) groups excluding carboxylic acids is 1. The van der Waals surface area contributed by atoms with Crippen molar-refractivity contribution in [1.82, 2.24) is 0 Å². The Labute approximate surface area is 85.5 Å². The summed E-state index contributed by atoms with van der Waals surface area (Å²) in [6.07, 6.45) is 1.44. The Hall–Kier alpha value is -2.35. The van der Waals surface area contributed by atoms with Crippen LogP contribution in [-0.4, -0.2) is 11.6 Å². The molecule has 1 aromatic rings. The number of ketones is 1. The molecular formula is C10H7N3O2. The maximum atomic E-state index is 11.5. The fourth-order valence-electron chi connectivity index (χ4n) is 1.33. The van der Waals surface area contributed by atoms with Crippen molar-refractivity contribution in [3.05, 3.63) is 29.7 Å². The minimum absolute atomic E-state index is 0.000787. The molecule has 74 valence electrons. The number of aliphatic imine (C=N–C) groups is 1. The van der Waals surface area contributed by atoms with Crippen LogP contribution >= 0.6 is 0 Å². The number of furan rings is 1. The smallest absolute Gasteiger partial charge is 0.183 e. The molecule has 5 nitrogen and oxygen atoms in total. The molecule has 2 N–H and O–H groups in total. The highest BCUT2D eigenvalue weighted by atomic mass is 16.3. The summed E-state index contributed by atoms with van der Waals surface area (Å²) < 4.78 is 5.08. The number of nitrogens with two attached hydrogens (primary N) is 1. The van der Waals surface area contributed by atoms with Crippen molar-refractivity contribution >= 4 is 17.3 Å². The van der Waals surface area contributed by atoms with E-state index in [0.29, 0.717) is 5.76 Å². The number of hydrogen-bond acceptors (Lipinski definition) is 5. The second-order valence-electron chi connectivity index (χ2n) is 3.02. The molecule has 0 amide bonds. The lowest BCUT2D eigenvalue weighted by Gasteiger charge is -2.09. The van der Waals surface area contributed by atoms with Gasteiger partial charge in [-0.2, -0.15) is 5.26 Å². The van der Waals surface area contributed by atoms with E-state index in [9.17, 15) is 4.79 Å². The molecule has 0 saturated carbocycles. The van der Waals surface area contributed by atoms with Crippen molar-refractivity contribution in [2.24, 2.45) is 10.7 Å². The van der Waals surface area contributed by atoms with Gasteiger partial charge in [-0.15, -0.1) is 0 Å². The maximum absolute atomic E-state index is 11.5. The molecule has 0 fully saturated rings. The molecule has 0 unspecified atom stereocenters. The molecule has 1 aliphatic rings. The van der Waals surface area contributed by atoms with Crippen LogP contribution in [0, 0.1) is 11.3 Å². The lowest BCUT2D eigenvalue weighted by molar-refractivity contribution is -0.114. The van der Waals surface area contributed by atoms with Crippen LogP contribution in [0.2, 0.25) is 0 Å². The lowest BCUT2D eigenvalue weighted by Crippen LogP contribution is -2.22. The largest absolute Gasteiger partial charge is 0.463 e. The maximum Gasteiger partial charge on any atom is 0.183 e. The van der Waals surface area contributed by atoms with Gasteiger partial charge >= 0.3 is 0 Å². The zero-order chi connectivity index (χ0) is 10.8. The SMILES string of the molecule is N#CC1=C(c2ccco2)N=C(N)CC1=O. The van der Waals surface area contributed by atoms with Crippen LogP contribution in [0.4, 0.5) is 0 Å². The Morgan fingerprint density at radius 2 is 2.40 bits per heavy atom. The quantitative estimate of drug-likeness (QED) is 0.728. The van der Waals surface area contributed by atoms with Crippen molar-refractivity contribution < 1.29 is 9.21 Å². The number of amidine groups is 1. The first-order valence-corrected chi connectivity index (χ1v) is 4.27. The Morgan fingerprint density at radius 3 is 3.00 bits per heavy atom. The summed E-state index contributed by atoms with van der Waals surface area (Å²) in [7, 11) is 0. The van der Waals surface area contributed by atoms with Crippen molar-refractivity contribution in [2.45, 2.75) is 6.42 Å². The molecule has 0 aromatic carbocycles. The number of rotatable bonds is 1. The van der Waals surface area contributed by atoms with Gasteiger partial charge in [-0.3, -0.25) is 4.79 Å². The molecule has 0 aliphatic carbocycles. The minimum Gasteiger partial charge on any atom is -0.463 e. The van der Waals surface area contributed by atoms with Crippen LogP contribution in [0.15, 0.2) is 33.4 Å². The number of allylic oxidation sites excluding steroid dienone is 1. The molecule has 2 rings (SSSR count). The highest BCUT2D eigenvalue weighted by molar-refractivity contribution is 6.18. The Morgan fingerprint density at radius 1 is 1.60 bits per heavy atom. The molecule has 0 saturated heterocycles. The second kappa shape index (κ2) is 3.42. The third-order valence-corrected chi connectivity index (χ3v) is 1.98. The highest BCUT2D eigenvalue weighted by Gasteiger charge is 2.23. The lowest BCUT2D eigenvalue weighted by atomic mass is 10.0. The number of hydrogen-bond donors (Lipinski definition) is 1. The number of nitriles is 1. The van der Waals surface area contributed by atoms with Gasteiger partial charge in [0, 0.05) is 0 Å². The number of nitrogens with zero attached hydrogens (tertiary/aromatic N) is 2. The molecule has 0 atom stereocenters. The van der Waals surface area contributed by atoms with Crippen LogP contribution < -0.4 is 5.73 Å². The van der Waals surface area contributed by atoms with Gasteiger partial charge in [-0.25, -0.2) is 4.99 Å². The van der Waals surface area contributed by atoms with E-state index in [2.05, 4.69) is 4.99 Å². The van der Waals surface area contributed by atoms with Crippen molar-refractivity contribution in [2.75, 3.05) is 0 Å². The van der Waals surface area contributed by atoms with Crippen LogP contribution in [-0.2, 0) is 4.79 Å². The van der Waals surface area contributed by atoms with Gasteiger partial charge in [0.1, 0.15) is 23.2 Å². The predicted octanol–water partition coefficient (Wildman–Crippen LogP) is 0.844. The minimum atomic E-state index is -0.323.